The van der Waals surface area contributed by atoms with Crippen LogP contribution < -0.4 is 5.32 Å². The summed E-state index contributed by atoms with van der Waals surface area (Å²) in [6.07, 6.45) is -4.73. The van der Waals surface area contributed by atoms with E-state index in [4.69, 9.17) is 11.6 Å². The number of alkyl halides is 3. The van der Waals surface area contributed by atoms with Crippen LogP contribution in [0, 0.1) is 11.6 Å². The molecule has 0 radical (unpaired) electrons. The molecule has 2 aromatic rings. The molecule has 8 heteroatoms. The predicted molar refractivity (Wildman–Crippen MR) is 70.8 cm³/mol. The Morgan fingerprint density at radius 2 is 1.68 bits per heavy atom. The molecule has 0 aromatic heterocycles. The summed E-state index contributed by atoms with van der Waals surface area (Å²) in [5.74, 6) is -3.45. The van der Waals surface area contributed by atoms with Gasteiger partial charge in [0.15, 0.2) is 11.6 Å². The molecule has 22 heavy (non-hydrogen) atoms. The Balaban J connectivity index is 2.34. The van der Waals surface area contributed by atoms with Crippen LogP contribution in [-0.2, 0) is 6.18 Å². The minimum absolute atomic E-state index is 0.154. The van der Waals surface area contributed by atoms with Crippen LogP contribution in [0.15, 0.2) is 36.4 Å². The van der Waals surface area contributed by atoms with Crippen LogP contribution in [0.5, 0.6) is 0 Å². The van der Waals surface area contributed by atoms with E-state index in [1.807, 2.05) is 5.32 Å². The van der Waals surface area contributed by atoms with Gasteiger partial charge in [-0.3, -0.25) is 4.79 Å². The van der Waals surface area contributed by atoms with Gasteiger partial charge in [0, 0.05) is 10.6 Å². The van der Waals surface area contributed by atoms with Gasteiger partial charge in [-0.1, -0.05) is 11.6 Å². The third-order valence-electron chi connectivity index (χ3n) is 2.72. The molecule has 0 unspecified atom stereocenters. The zero-order chi connectivity index (χ0) is 16.5. The molecule has 2 rings (SSSR count). The van der Waals surface area contributed by atoms with Crippen molar-refractivity contribution < 1.29 is 26.7 Å². The average molecular weight is 336 g/mol. The number of nitrogens with one attached hydrogen (secondary N) is 1. The van der Waals surface area contributed by atoms with Gasteiger partial charge < -0.3 is 5.32 Å². The van der Waals surface area contributed by atoms with Crippen molar-refractivity contribution in [3.8, 4) is 0 Å². The number of carbonyl (C=O) groups excluding carboxylic acids is 1. The first kappa shape index (κ1) is 16.2. The lowest BCUT2D eigenvalue weighted by Crippen LogP contribution is -2.17. The second-order valence-electron chi connectivity index (χ2n) is 4.27. The van der Waals surface area contributed by atoms with E-state index in [2.05, 4.69) is 0 Å². The third kappa shape index (κ3) is 3.54. The van der Waals surface area contributed by atoms with E-state index in [0.29, 0.717) is 18.2 Å². The largest absolute Gasteiger partial charge is 0.418 e. The van der Waals surface area contributed by atoms with Crippen LogP contribution in [0.25, 0.3) is 0 Å². The van der Waals surface area contributed by atoms with E-state index in [-0.39, 0.29) is 10.6 Å². The summed E-state index contributed by atoms with van der Waals surface area (Å²) in [5.41, 5.74) is -2.00. The first-order chi connectivity index (χ1) is 10.2. The average Bonchev–Trinajstić information content (AvgIpc) is 2.42. The number of carbonyl (C=O) groups is 1. The summed E-state index contributed by atoms with van der Waals surface area (Å²) >= 11 is 5.51. The minimum atomic E-state index is -4.73. The zero-order valence-electron chi connectivity index (χ0n) is 10.6. The minimum Gasteiger partial charge on any atom is -0.321 e. The van der Waals surface area contributed by atoms with Crippen molar-refractivity contribution >= 4 is 23.2 Å². The zero-order valence-corrected chi connectivity index (χ0v) is 11.4. The summed E-state index contributed by atoms with van der Waals surface area (Å²) in [7, 11) is 0. The van der Waals surface area contributed by atoms with E-state index in [1.165, 1.54) is 0 Å². The van der Waals surface area contributed by atoms with Crippen molar-refractivity contribution in [1.82, 2.24) is 0 Å². The van der Waals surface area contributed by atoms with Gasteiger partial charge in [0.25, 0.3) is 5.91 Å². The highest BCUT2D eigenvalue weighted by Crippen LogP contribution is 2.36. The first-order valence-electron chi connectivity index (χ1n) is 5.81. The van der Waals surface area contributed by atoms with Gasteiger partial charge >= 0.3 is 6.18 Å². The molecule has 0 fully saturated rings. The fraction of sp³-hybridized carbons (Fsp3) is 0.0714. The molecule has 0 saturated carbocycles. The number of hydrogen-bond acceptors (Lipinski definition) is 1. The molecular formula is C14H7ClF5NO. The van der Waals surface area contributed by atoms with Crippen molar-refractivity contribution in [2.75, 3.05) is 5.32 Å². The standard InChI is InChI=1S/C14H7ClF5NO/c15-8-2-4-12(9(6-8)14(18,19)20)21-13(22)7-1-3-10(16)11(17)5-7/h1-6H,(H,21,22). The van der Waals surface area contributed by atoms with E-state index in [9.17, 15) is 26.7 Å². The van der Waals surface area contributed by atoms with Crippen molar-refractivity contribution in [3.05, 3.63) is 64.2 Å². The smallest absolute Gasteiger partial charge is 0.321 e. The number of benzene rings is 2. The van der Waals surface area contributed by atoms with Gasteiger partial charge in [-0.25, -0.2) is 8.78 Å². The molecule has 0 spiro atoms. The summed E-state index contributed by atoms with van der Waals surface area (Å²) < 4.78 is 64.5. The second-order valence-corrected chi connectivity index (χ2v) is 4.71. The van der Waals surface area contributed by atoms with Crippen LogP contribution in [0.3, 0.4) is 0 Å². The molecule has 0 aliphatic carbocycles. The van der Waals surface area contributed by atoms with Crippen LogP contribution >= 0.6 is 11.6 Å². The first-order valence-corrected chi connectivity index (χ1v) is 6.19. The Labute approximate surface area is 126 Å². The molecule has 0 bridgehead atoms. The van der Waals surface area contributed by atoms with Crippen molar-refractivity contribution in [2.45, 2.75) is 6.18 Å². The molecule has 0 aliphatic heterocycles. The van der Waals surface area contributed by atoms with Gasteiger partial charge in [0.2, 0.25) is 0 Å². The van der Waals surface area contributed by atoms with Crippen molar-refractivity contribution in [1.29, 1.82) is 0 Å². The third-order valence-corrected chi connectivity index (χ3v) is 2.95. The Bertz CT molecular complexity index is 730. The summed E-state index contributed by atoms with van der Waals surface area (Å²) in [4.78, 5) is 11.8. The molecular weight excluding hydrogens is 329 g/mol. The summed E-state index contributed by atoms with van der Waals surface area (Å²) in [5, 5.41) is 1.85. The Morgan fingerprint density at radius 1 is 1.00 bits per heavy atom. The molecule has 116 valence electrons. The van der Waals surface area contributed by atoms with Crippen molar-refractivity contribution in [3.63, 3.8) is 0 Å². The highest BCUT2D eigenvalue weighted by molar-refractivity contribution is 6.30. The van der Waals surface area contributed by atoms with Gasteiger partial charge in [-0.15, -0.1) is 0 Å². The molecule has 0 aliphatic rings. The lowest BCUT2D eigenvalue weighted by molar-refractivity contribution is -0.136. The molecule has 2 nitrogen and oxygen atoms in total. The van der Waals surface area contributed by atoms with E-state index >= 15 is 0 Å². The molecule has 1 N–H and O–H groups in total. The lowest BCUT2D eigenvalue weighted by atomic mass is 10.1. The number of halogens is 6. The van der Waals surface area contributed by atoms with Crippen molar-refractivity contribution in [2.24, 2.45) is 0 Å². The topological polar surface area (TPSA) is 29.1 Å². The fourth-order valence-electron chi connectivity index (χ4n) is 1.69. The van der Waals surface area contributed by atoms with Gasteiger partial charge in [-0.05, 0) is 36.4 Å². The van der Waals surface area contributed by atoms with Crippen LogP contribution in [-0.4, -0.2) is 5.91 Å². The maximum atomic E-state index is 13.0. The Hall–Kier alpha value is -2.15. The molecule has 1 amide bonds. The van der Waals surface area contributed by atoms with Gasteiger partial charge in [0.05, 0.1) is 11.3 Å². The van der Waals surface area contributed by atoms with Crippen LogP contribution in [0.1, 0.15) is 15.9 Å². The van der Waals surface area contributed by atoms with Crippen LogP contribution in [0.2, 0.25) is 5.02 Å². The fourth-order valence-corrected chi connectivity index (χ4v) is 1.86. The number of amides is 1. The van der Waals surface area contributed by atoms with E-state index in [0.717, 1.165) is 18.2 Å². The lowest BCUT2D eigenvalue weighted by Gasteiger charge is -2.14. The molecule has 0 atom stereocenters. The van der Waals surface area contributed by atoms with Crippen LogP contribution in [0.4, 0.5) is 27.6 Å². The molecule has 0 heterocycles. The van der Waals surface area contributed by atoms with E-state index in [1.54, 1.807) is 0 Å². The maximum absolute atomic E-state index is 13.0. The number of rotatable bonds is 2. The number of anilines is 1. The monoisotopic (exact) mass is 335 g/mol. The Morgan fingerprint density at radius 3 is 2.27 bits per heavy atom. The van der Waals surface area contributed by atoms with E-state index < -0.39 is 35.0 Å². The van der Waals surface area contributed by atoms with Gasteiger partial charge in [0.1, 0.15) is 0 Å². The normalized spacial score (nSPS) is 11.4. The quantitative estimate of drug-likeness (QED) is 0.778. The SMILES string of the molecule is O=C(Nc1ccc(Cl)cc1C(F)(F)F)c1ccc(F)c(F)c1. The molecule has 2 aromatic carbocycles. The predicted octanol–water partition coefficient (Wildman–Crippen LogP) is 4.89. The molecule has 0 saturated heterocycles. The highest BCUT2D eigenvalue weighted by atomic mass is 35.5. The maximum Gasteiger partial charge on any atom is 0.418 e. The number of hydrogen-bond donors (Lipinski definition) is 1. The Kier molecular flexibility index (Phi) is 4.37. The van der Waals surface area contributed by atoms with Gasteiger partial charge in [-0.2, -0.15) is 13.2 Å². The summed E-state index contributed by atoms with van der Waals surface area (Å²) in [6, 6.07) is 5.05. The highest BCUT2D eigenvalue weighted by Gasteiger charge is 2.34. The summed E-state index contributed by atoms with van der Waals surface area (Å²) in [6.45, 7) is 0. The second kappa shape index (κ2) is 5.92.